The van der Waals surface area contributed by atoms with Crippen molar-refractivity contribution >= 4 is 39.0 Å². The molecule has 5 unspecified atom stereocenters. The van der Waals surface area contributed by atoms with Crippen molar-refractivity contribution in [2.24, 2.45) is 23.7 Å². The molecule has 2 heteroatoms. The number of para-hydroxylation sites is 2. The Morgan fingerprint density at radius 1 is 0.491 bits per heavy atom. The Morgan fingerprint density at radius 2 is 1.13 bits per heavy atom. The summed E-state index contributed by atoms with van der Waals surface area (Å²) < 4.78 is 6.46. The predicted molar refractivity (Wildman–Crippen MR) is 229 cm³/mol. The third kappa shape index (κ3) is 5.00. The Balaban J connectivity index is 1.06. The van der Waals surface area contributed by atoms with Crippen LogP contribution in [0.1, 0.15) is 50.7 Å². The molecule has 8 aromatic rings. The first-order valence-electron chi connectivity index (χ1n) is 20.3. The van der Waals surface area contributed by atoms with Crippen LogP contribution in [0.15, 0.2) is 168 Å². The van der Waals surface area contributed by atoms with Gasteiger partial charge in [-0.2, -0.15) is 0 Å². The zero-order valence-electron chi connectivity index (χ0n) is 31.6. The van der Waals surface area contributed by atoms with Gasteiger partial charge in [0, 0.05) is 38.8 Å². The van der Waals surface area contributed by atoms with E-state index in [1.807, 2.05) is 6.07 Å². The second-order valence-corrected chi connectivity index (χ2v) is 16.7. The largest absolute Gasteiger partial charge is 0.455 e. The molecule has 0 amide bonds. The number of rotatable bonds is 5. The van der Waals surface area contributed by atoms with Crippen LogP contribution in [-0.2, 0) is 5.41 Å². The van der Waals surface area contributed by atoms with Gasteiger partial charge >= 0.3 is 0 Å². The van der Waals surface area contributed by atoms with E-state index < -0.39 is 0 Å². The van der Waals surface area contributed by atoms with Crippen molar-refractivity contribution in [3.05, 3.63) is 175 Å². The highest BCUT2D eigenvalue weighted by atomic mass is 16.3. The quantitative estimate of drug-likeness (QED) is 0.177. The maximum Gasteiger partial charge on any atom is 0.143 e. The van der Waals surface area contributed by atoms with E-state index in [4.69, 9.17) is 4.42 Å². The van der Waals surface area contributed by atoms with E-state index in [1.165, 1.54) is 59.2 Å². The minimum Gasteiger partial charge on any atom is -0.455 e. The molecule has 55 heavy (non-hydrogen) atoms. The van der Waals surface area contributed by atoms with Gasteiger partial charge in [-0.05, 0) is 131 Å². The van der Waals surface area contributed by atoms with Gasteiger partial charge in [-0.15, -0.1) is 0 Å². The Labute approximate surface area is 324 Å². The fraction of sp³-hybridized carbons (Fsp3) is 0.208. The average Bonchev–Trinajstić information content (AvgIpc) is 3.75. The Bertz CT molecular complexity index is 2700. The lowest BCUT2D eigenvalue weighted by molar-refractivity contribution is 0.0426. The molecule has 0 radical (unpaired) electrons. The van der Waals surface area contributed by atoms with E-state index in [9.17, 15) is 0 Å². The highest BCUT2D eigenvalue weighted by Crippen LogP contribution is 2.65. The molecule has 268 valence electrons. The summed E-state index contributed by atoms with van der Waals surface area (Å²) in [5, 5.41) is 2.31. The maximum absolute atomic E-state index is 6.46. The summed E-state index contributed by atoms with van der Waals surface area (Å²) in [6.45, 7) is 5.06. The number of anilines is 3. The van der Waals surface area contributed by atoms with E-state index in [0.29, 0.717) is 11.8 Å². The molecule has 1 spiro atoms. The second kappa shape index (κ2) is 12.6. The number of hydrogen-bond donors (Lipinski definition) is 0. The molecule has 2 nitrogen and oxygen atoms in total. The molecule has 1 aromatic heterocycles. The average molecular weight is 712 g/mol. The molecule has 3 aliphatic rings. The predicted octanol–water partition coefficient (Wildman–Crippen LogP) is 14.7. The normalized spacial score (nSPS) is 22.5. The van der Waals surface area contributed by atoms with Crippen LogP contribution < -0.4 is 4.90 Å². The molecule has 0 saturated heterocycles. The number of fused-ring (bicyclic) bond motifs is 11. The van der Waals surface area contributed by atoms with Crippen molar-refractivity contribution in [1.29, 1.82) is 0 Å². The highest BCUT2D eigenvalue weighted by Gasteiger charge is 2.56. The summed E-state index contributed by atoms with van der Waals surface area (Å²) in [6, 6.07) is 60.5. The summed E-state index contributed by atoms with van der Waals surface area (Å²) in [5.41, 5.74) is 16.1. The SMILES string of the molecule is CC1CC2CC(C)C3(c4ccccc4-c4ccc(N(c5ccc(-c6ccccc6)cc5)c5ccc(-c6cccc7c6oc6ccccc67)cc5)cc43)C(C1)C2. The molecule has 5 atom stereocenters. The lowest BCUT2D eigenvalue weighted by Gasteiger charge is -2.54. The minimum absolute atomic E-state index is 0.0328. The molecule has 1 heterocycles. The smallest absolute Gasteiger partial charge is 0.143 e. The topological polar surface area (TPSA) is 16.4 Å². The van der Waals surface area contributed by atoms with Gasteiger partial charge in [-0.3, -0.25) is 0 Å². The molecule has 2 fully saturated rings. The van der Waals surface area contributed by atoms with Crippen molar-refractivity contribution in [2.45, 2.75) is 44.9 Å². The van der Waals surface area contributed by atoms with Crippen LogP contribution in [0.2, 0.25) is 0 Å². The molecule has 2 bridgehead atoms. The molecule has 0 N–H and O–H groups in total. The summed E-state index contributed by atoms with van der Waals surface area (Å²) >= 11 is 0. The fourth-order valence-corrected chi connectivity index (χ4v) is 11.5. The van der Waals surface area contributed by atoms with Gasteiger partial charge in [0.05, 0.1) is 0 Å². The van der Waals surface area contributed by atoms with Crippen LogP contribution in [0.25, 0.3) is 55.3 Å². The lowest BCUT2D eigenvalue weighted by Crippen LogP contribution is -2.49. The Morgan fingerprint density at radius 3 is 1.95 bits per heavy atom. The second-order valence-electron chi connectivity index (χ2n) is 16.7. The summed E-state index contributed by atoms with van der Waals surface area (Å²) in [4.78, 5) is 2.47. The van der Waals surface area contributed by atoms with Gasteiger partial charge < -0.3 is 9.32 Å². The van der Waals surface area contributed by atoms with Gasteiger partial charge in [-0.1, -0.05) is 135 Å². The summed E-state index contributed by atoms with van der Waals surface area (Å²) in [7, 11) is 0. The zero-order valence-corrected chi connectivity index (χ0v) is 31.6. The molecule has 2 saturated carbocycles. The monoisotopic (exact) mass is 711 g/mol. The standard InChI is InChI=1S/C53H45NO/c1-34-29-36-31-35(2)53(40(30-34)32-36)49-17-8-6-13-45(49)46-28-27-43(33-50(46)53)54(41-23-19-38(20-24-41)37-11-4-3-5-12-37)42-25-21-39(22-26-42)44-15-10-16-48-47-14-7-9-18-51(47)55-52(44)48/h3-28,33-36,40H,29-32H2,1-2H3. The number of benzene rings is 7. The first kappa shape index (κ1) is 32.6. The van der Waals surface area contributed by atoms with E-state index in [0.717, 1.165) is 56.3 Å². The van der Waals surface area contributed by atoms with Crippen molar-refractivity contribution in [3.8, 4) is 33.4 Å². The third-order valence-electron chi connectivity index (χ3n) is 13.6. The van der Waals surface area contributed by atoms with Gasteiger partial charge in [0.2, 0.25) is 0 Å². The first-order valence-corrected chi connectivity index (χ1v) is 20.3. The number of furan rings is 1. The summed E-state index contributed by atoms with van der Waals surface area (Å²) in [5.74, 6) is 2.86. The van der Waals surface area contributed by atoms with Crippen LogP contribution in [0.5, 0.6) is 0 Å². The zero-order chi connectivity index (χ0) is 36.7. The molecular formula is C53H45NO. The van der Waals surface area contributed by atoms with Crippen molar-refractivity contribution in [2.75, 3.05) is 4.90 Å². The summed E-state index contributed by atoms with van der Waals surface area (Å²) in [6.07, 6.45) is 5.35. The van der Waals surface area contributed by atoms with Crippen molar-refractivity contribution in [1.82, 2.24) is 0 Å². The number of hydrogen-bond acceptors (Lipinski definition) is 2. The fourth-order valence-electron chi connectivity index (χ4n) is 11.5. The van der Waals surface area contributed by atoms with Crippen LogP contribution in [0, 0.1) is 23.7 Å². The van der Waals surface area contributed by atoms with E-state index in [2.05, 4.69) is 176 Å². The van der Waals surface area contributed by atoms with Gasteiger partial charge in [0.1, 0.15) is 11.2 Å². The van der Waals surface area contributed by atoms with E-state index >= 15 is 0 Å². The van der Waals surface area contributed by atoms with Crippen molar-refractivity contribution < 1.29 is 4.42 Å². The molecular weight excluding hydrogens is 667 g/mol. The molecule has 0 aliphatic heterocycles. The van der Waals surface area contributed by atoms with Gasteiger partial charge in [0.15, 0.2) is 0 Å². The Kier molecular flexibility index (Phi) is 7.46. The van der Waals surface area contributed by atoms with E-state index in [1.54, 1.807) is 5.56 Å². The van der Waals surface area contributed by atoms with Crippen LogP contribution >= 0.6 is 0 Å². The van der Waals surface area contributed by atoms with Crippen LogP contribution in [0.4, 0.5) is 17.1 Å². The molecule has 7 aromatic carbocycles. The minimum atomic E-state index is 0.0328. The van der Waals surface area contributed by atoms with Crippen LogP contribution in [-0.4, -0.2) is 0 Å². The van der Waals surface area contributed by atoms with Crippen molar-refractivity contribution in [3.63, 3.8) is 0 Å². The maximum atomic E-state index is 6.46. The third-order valence-corrected chi connectivity index (χ3v) is 13.6. The highest BCUT2D eigenvalue weighted by molar-refractivity contribution is 6.09. The first-order chi connectivity index (χ1) is 27.1. The lowest BCUT2D eigenvalue weighted by atomic mass is 9.49. The van der Waals surface area contributed by atoms with Gasteiger partial charge in [-0.25, -0.2) is 0 Å². The Hall–Kier alpha value is -5.86. The molecule has 11 rings (SSSR count). The molecule has 3 aliphatic carbocycles. The number of nitrogens with zero attached hydrogens (tertiary/aromatic N) is 1. The van der Waals surface area contributed by atoms with Crippen LogP contribution in [0.3, 0.4) is 0 Å². The van der Waals surface area contributed by atoms with E-state index in [-0.39, 0.29) is 5.41 Å². The van der Waals surface area contributed by atoms with Gasteiger partial charge in [0.25, 0.3) is 0 Å².